The number of hydrogen-bond acceptors (Lipinski definition) is 4. The zero-order chi connectivity index (χ0) is 13.0. The molecule has 0 saturated carbocycles. The van der Waals surface area contributed by atoms with Gasteiger partial charge in [-0.1, -0.05) is 11.8 Å². The first-order chi connectivity index (χ1) is 8.69. The van der Waals surface area contributed by atoms with Crippen molar-refractivity contribution < 1.29 is 4.79 Å². The van der Waals surface area contributed by atoms with Crippen molar-refractivity contribution in [2.75, 3.05) is 18.0 Å². The molecule has 1 aromatic heterocycles. The Morgan fingerprint density at radius 3 is 3.17 bits per heavy atom. The van der Waals surface area contributed by atoms with Crippen LogP contribution in [0.2, 0.25) is 0 Å². The first kappa shape index (κ1) is 12.8. The molecule has 0 aliphatic carbocycles. The molecule has 0 atom stereocenters. The summed E-state index contributed by atoms with van der Waals surface area (Å²) < 4.78 is 0. The lowest BCUT2D eigenvalue weighted by Gasteiger charge is -1.99. The van der Waals surface area contributed by atoms with Crippen LogP contribution in [0, 0.1) is 0 Å². The summed E-state index contributed by atoms with van der Waals surface area (Å²) in [4.78, 5) is 18.9. The molecule has 1 amide bonds. The lowest BCUT2D eigenvalue weighted by atomic mass is 10.3. The number of anilines is 1. The minimum Gasteiger partial charge on any atom is -0.399 e. The van der Waals surface area contributed by atoms with Gasteiger partial charge in [0, 0.05) is 24.4 Å². The number of thioether (sulfide) groups is 1. The molecular formula is C12H16N4OS. The van der Waals surface area contributed by atoms with Gasteiger partial charge in [0.2, 0.25) is 5.91 Å². The molecule has 1 heterocycles. The second kappa shape index (κ2) is 5.77. The van der Waals surface area contributed by atoms with E-state index in [0.717, 1.165) is 16.2 Å². The van der Waals surface area contributed by atoms with Crippen LogP contribution in [0.4, 0.5) is 5.69 Å². The van der Waals surface area contributed by atoms with Gasteiger partial charge in [0.1, 0.15) is 0 Å². The largest absolute Gasteiger partial charge is 0.399 e. The van der Waals surface area contributed by atoms with Gasteiger partial charge in [-0.25, -0.2) is 4.98 Å². The highest BCUT2D eigenvalue weighted by Gasteiger charge is 2.05. The van der Waals surface area contributed by atoms with Crippen LogP contribution in [0.25, 0.3) is 11.0 Å². The average molecular weight is 264 g/mol. The van der Waals surface area contributed by atoms with Crippen molar-refractivity contribution >= 4 is 34.4 Å². The highest BCUT2D eigenvalue weighted by atomic mass is 32.2. The monoisotopic (exact) mass is 264 g/mol. The summed E-state index contributed by atoms with van der Waals surface area (Å²) in [5.41, 5.74) is 8.23. The molecule has 6 heteroatoms. The molecule has 0 saturated heterocycles. The molecule has 0 radical (unpaired) electrons. The Balaban J connectivity index is 1.94. The van der Waals surface area contributed by atoms with Crippen molar-refractivity contribution in [3.05, 3.63) is 18.2 Å². The quantitative estimate of drug-likeness (QED) is 0.567. The highest BCUT2D eigenvalue weighted by Crippen LogP contribution is 2.21. The second-order valence-corrected chi connectivity index (χ2v) is 4.95. The standard InChI is InChI=1S/C12H16N4OS/c1-2-14-11(17)5-6-18-12-15-9-4-3-8(13)7-10(9)16-12/h3-4,7H,2,5-6,13H2,1H3,(H,14,17)(H,15,16). The Morgan fingerprint density at radius 1 is 1.56 bits per heavy atom. The molecule has 1 aromatic carbocycles. The number of imidazole rings is 1. The van der Waals surface area contributed by atoms with E-state index < -0.39 is 0 Å². The fourth-order valence-electron chi connectivity index (χ4n) is 1.60. The Bertz CT molecular complexity index is 552. The summed E-state index contributed by atoms with van der Waals surface area (Å²) in [6.45, 7) is 2.59. The van der Waals surface area contributed by atoms with Crippen LogP contribution < -0.4 is 11.1 Å². The number of carbonyl (C=O) groups is 1. The van der Waals surface area contributed by atoms with Crippen molar-refractivity contribution in [2.45, 2.75) is 18.5 Å². The minimum absolute atomic E-state index is 0.0744. The Kier molecular flexibility index (Phi) is 4.09. The Morgan fingerprint density at radius 2 is 2.39 bits per heavy atom. The molecule has 0 fully saturated rings. The number of fused-ring (bicyclic) bond motifs is 1. The van der Waals surface area contributed by atoms with Crippen LogP contribution in [-0.4, -0.2) is 28.2 Å². The molecule has 0 unspecified atom stereocenters. The van der Waals surface area contributed by atoms with Gasteiger partial charge in [0.25, 0.3) is 0 Å². The van der Waals surface area contributed by atoms with E-state index in [1.165, 1.54) is 11.8 Å². The van der Waals surface area contributed by atoms with E-state index in [-0.39, 0.29) is 5.91 Å². The number of carbonyl (C=O) groups excluding carboxylic acids is 1. The molecule has 0 spiro atoms. The number of nitrogens with zero attached hydrogens (tertiary/aromatic N) is 1. The van der Waals surface area contributed by atoms with Gasteiger partial charge in [0.15, 0.2) is 5.16 Å². The van der Waals surface area contributed by atoms with E-state index in [0.29, 0.717) is 24.4 Å². The van der Waals surface area contributed by atoms with Gasteiger partial charge >= 0.3 is 0 Å². The summed E-state index contributed by atoms with van der Waals surface area (Å²) in [5, 5.41) is 3.59. The number of hydrogen-bond donors (Lipinski definition) is 3. The number of nitrogens with one attached hydrogen (secondary N) is 2. The molecule has 96 valence electrons. The lowest BCUT2D eigenvalue weighted by molar-refractivity contribution is -0.120. The van der Waals surface area contributed by atoms with E-state index >= 15 is 0 Å². The third-order valence-electron chi connectivity index (χ3n) is 2.43. The first-order valence-electron chi connectivity index (χ1n) is 5.84. The average Bonchev–Trinajstić information content (AvgIpc) is 2.71. The van der Waals surface area contributed by atoms with E-state index in [1.54, 1.807) is 0 Å². The van der Waals surface area contributed by atoms with Crippen molar-refractivity contribution in [3.63, 3.8) is 0 Å². The van der Waals surface area contributed by atoms with E-state index in [4.69, 9.17) is 5.73 Å². The zero-order valence-corrected chi connectivity index (χ0v) is 11.0. The first-order valence-corrected chi connectivity index (χ1v) is 6.82. The number of nitrogens with two attached hydrogens (primary N) is 1. The third kappa shape index (κ3) is 3.16. The van der Waals surface area contributed by atoms with Gasteiger partial charge in [-0.3, -0.25) is 4.79 Å². The number of benzene rings is 1. The van der Waals surface area contributed by atoms with Gasteiger partial charge in [-0.15, -0.1) is 0 Å². The van der Waals surface area contributed by atoms with Gasteiger partial charge in [0.05, 0.1) is 11.0 Å². The van der Waals surface area contributed by atoms with Crippen LogP contribution in [0.15, 0.2) is 23.4 Å². The predicted octanol–water partition coefficient (Wildman–Crippen LogP) is 1.76. The molecular weight excluding hydrogens is 248 g/mol. The highest BCUT2D eigenvalue weighted by molar-refractivity contribution is 7.99. The number of aromatic nitrogens is 2. The molecule has 5 nitrogen and oxygen atoms in total. The van der Waals surface area contributed by atoms with Crippen molar-refractivity contribution in [2.24, 2.45) is 0 Å². The summed E-state index contributed by atoms with van der Waals surface area (Å²) >= 11 is 1.54. The van der Waals surface area contributed by atoms with Crippen molar-refractivity contribution in [3.8, 4) is 0 Å². The molecule has 0 aliphatic rings. The number of amides is 1. The smallest absolute Gasteiger partial charge is 0.220 e. The van der Waals surface area contributed by atoms with Gasteiger partial charge in [-0.05, 0) is 25.1 Å². The molecule has 18 heavy (non-hydrogen) atoms. The van der Waals surface area contributed by atoms with Crippen LogP contribution in [0.3, 0.4) is 0 Å². The summed E-state index contributed by atoms with van der Waals surface area (Å²) in [6.07, 6.45) is 0.498. The number of aromatic amines is 1. The predicted molar refractivity (Wildman–Crippen MR) is 74.5 cm³/mol. The minimum atomic E-state index is 0.0744. The van der Waals surface area contributed by atoms with Crippen molar-refractivity contribution in [1.29, 1.82) is 0 Å². The van der Waals surface area contributed by atoms with E-state index in [1.807, 2.05) is 25.1 Å². The molecule has 4 N–H and O–H groups in total. The molecule has 2 rings (SSSR count). The maximum atomic E-state index is 11.3. The second-order valence-electron chi connectivity index (χ2n) is 3.87. The third-order valence-corrected chi connectivity index (χ3v) is 3.30. The fourth-order valence-corrected chi connectivity index (χ4v) is 2.42. The molecule has 2 aromatic rings. The fraction of sp³-hybridized carbons (Fsp3) is 0.333. The number of H-pyrrole nitrogens is 1. The Hall–Kier alpha value is -1.69. The summed E-state index contributed by atoms with van der Waals surface area (Å²) in [5.74, 6) is 0.784. The number of rotatable bonds is 5. The zero-order valence-electron chi connectivity index (χ0n) is 10.2. The summed E-state index contributed by atoms with van der Waals surface area (Å²) in [7, 11) is 0. The summed E-state index contributed by atoms with van der Waals surface area (Å²) in [6, 6.07) is 5.57. The molecule has 0 aliphatic heterocycles. The van der Waals surface area contributed by atoms with Crippen LogP contribution in [0.1, 0.15) is 13.3 Å². The lowest BCUT2D eigenvalue weighted by Crippen LogP contribution is -2.22. The van der Waals surface area contributed by atoms with E-state index in [9.17, 15) is 4.79 Å². The van der Waals surface area contributed by atoms with Crippen LogP contribution >= 0.6 is 11.8 Å². The maximum absolute atomic E-state index is 11.3. The van der Waals surface area contributed by atoms with Gasteiger partial charge in [-0.2, -0.15) is 0 Å². The normalized spacial score (nSPS) is 10.7. The maximum Gasteiger partial charge on any atom is 0.220 e. The van der Waals surface area contributed by atoms with Crippen molar-refractivity contribution in [1.82, 2.24) is 15.3 Å². The van der Waals surface area contributed by atoms with E-state index in [2.05, 4.69) is 15.3 Å². The Labute approximate surface area is 110 Å². The van der Waals surface area contributed by atoms with Crippen LogP contribution in [-0.2, 0) is 4.79 Å². The van der Waals surface area contributed by atoms with Gasteiger partial charge < -0.3 is 16.0 Å². The SMILES string of the molecule is CCNC(=O)CCSc1nc2ccc(N)cc2[nH]1. The topological polar surface area (TPSA) is 83.8 Å². The molecule has 0 bridgehead atoms. The van der Waals surface area contributed by atoms with Crippen LogP contribution in [0.5, 0.6) is 0 Å². The number of nitrogen functional groups attached to an aromatic ring is 1.